The minimum Gasteiger partial charge on any atom is -0.330 e. The molecule has 0 heterocycles. The number of nitrogens with two attached hydrogens (primary N) is 1. The van der Waals surface area contributed by atoms with Crippen molar-refractivity contribution in [1.29, 1.82) is 0 Å². The van der Waals surface area contributed by atoms with Crippen LogP contribution in [0.3, 0.4) is 0 Å². The monoisotopic (exact) mass is 145 g/mol. The zero-order valence-electron chi connectivity index (χ0n) is 6.35. The van der Waals surface area contributed by atoms with Crippen LogP contribution in [0.4, 0.5) is 4.39 Å². The summed E-state index contributed by atoms with van der Waals surface area (Å²) in [6.45, 7) is 0.720. The van der Waals surface area contributed by atoms with Gasteiger partial charge in [-0.05, 0) is 31.7 Å². The number of hydrogen-bond acceptors (Lipinski definition) is 1. The van der Waals surface area contributed by atoms with E-state index in [9.17, 15) is 4.39 Å². The van der Waals surface area contributed by atoms with Crippen LogP contribution in [0, 0.1) is 5.92 Å². The molecule has 10 heavy (non-hydrogen) atoms. The van der Waals surface area contributed by atoms with Gasteiger partial charge in [-0.15, -0.1) is 0 Å². The molecule has 1 aliphatic carbocycles. The standard InChI is InChI=1S/C8H16FN/c9-8-3-1-2-7(6-8)4-5-10/h7-8H,1-6,10H2/t7-,8-/m1/s1. The van der Waals surface area contributed by atoms with Crippen molar-refractivity contribution < 1.29 is 4.39 Å². The number of hydrogen-bond donors (Lipinski definition) is 1. The molecule has 2 N–H and O–H groups in total. The number of rotatable bonds is 2. The van der Waals surface area contributed by atoms with Crippen LogP contribution in [0.5, 0.6) is 0 Å². The van der Waals surface area contributed by atoms with Crippen molar-refractivity contribution in [3.8, 4) is 0 Å². The van der Waals surface area contributed by atoms with Crippen LogP contribution in [0.15, 0.2) is 0 Å². The van der Waals surface area contributed by atoms with Gasteiger partial charge in [0, 0.05) is 0 Å². The molecule has 0 aromatic carbocycles. The minimum atomic E-state index is -0.537. The Bertz CT molecular complexity index is 93.3. The lowest BCUT2D eigenvalue weighted by molar-refractivity contribution is 0.193. The van der Waals surface area contributed by atoms with Crippen molar-refractivity contribution in [3.63, 3.8) is 0 Å². The van der Waals surface area contributed by atoms with Gasteiger partial charge in [0.25, 0.3) is 0 Å². The third-order valence-corrected chi connectivity index (χ3v) is 2.29. The summed E-state index contributed by atoms with van der Waals surface area (Å²) in [5.41, 5.74) is 5.38. The molecule has 0 amide bonds. The first-order valence-electron chi connectivity index (χ1n) is 4.17. The lowest BCUT2D eigenvalue weighted by atomic mass is 9.86. The van der Waals surface area contributed by atoms with Crippen LogP contribution in [-0.4, -0.2) is 12.7 Å². The fourth-order valence-corrected chi connectivity index (χ4v) is 1.72. The fourth-order valence-electron chi connectivity index (χ4n) is 1.72. The second kappa shape index (κ2) is 3.91. The molecule has 0 aromatic heterocycles. The maximum Gasteiger partial charge on any atom is 0.100 e. The molecule has 1 nitrogen and oxygen atoms in total. The van der Waals surface area contributed by atoms with E-state index in [4.69, 9.17) is 5.73 Å². The van der Waals surface area contributed by atoms with E-state index in [1.165, 1.54) is 6.42 Å². The van der Waals surface area contributed by atoms with Gasteiger partial charge in [0.05, 0.1) is 0 Å². The molecule has 60 valence electrons. The third kappa shape index (κ3) is 2.25. The fraction of sp³-hybridized carbons (Fsp3) is 1.00. The predicted molar refractivity (Wildman–Crippen MR) is 40.5 cm³/mol. The first kappa shape index (κ1) is 7.99. The summed E-state index contributed by atoms with van der Waals surface area (Å²) in [5.74, 6) is 0.578. The lowest BCUT2D eigenvalue weighted by Gasteiger charge is -2.23. The Hall–Kier alpha value is -0.110. The van der Waals surface area contributed by atoms with Crippen molar-refractivity contribution in [1.82, 2.24) is 0 Å². The van der Waals surface area contributed by atoms with Crippen molar-refractivity contribution in [2.45, 2.75) is 38.3 Å². The van der Waals surface area contributed by atoms with Crippen LogP contribution >= 0.6 is 0 Å². The molecule has 2 heteroatoms. The maximum absolute atomic E-state index is 12.7. The summed E-state index contributed by atoms with van der Waals surface area (Å²) < 4.78 is 12.7. The Kier molecular flexibility index (Phi) is 3.13. The molecular formula is C8H16FN. The lowest BCUT2D eigenvalue weighted by Crippen LogP contribution is -2.18. The summed E-state index contributed by atoms with van der Waals surface area (Å²) >= 11 is 0. The maximum atomic E-state index is 12.7. The van der Waals surface area contributed by atoms with E-state index in [1.807, 2.05) is 0 Å². The quantitative estimate of drug-likeness (QED) is 0.630. The van der Waals surface area contributed by atoms with Gasteiger partial charge in [-0.3, -0.25) is 0 Å². The van der Waals surface area contributed by atoms with Crippen LogP contribution in [0.1, 0.15) is 32.1 Å². The molecule has 0 spiro atoms. The Balaban J connectivity index is 2.18. The van der Waals surface area contributed by atoms with Crippen molar-refractivity contribution in [2.75, 3.05) is 6.54 Å². The average Bonchev–Trinajstić information content (AvgIpc) is 1.88. The molecule has 0 aromatic rings. The van der Waals surface area contributed by atoms with Gasteiger partial charge >= 0.3 is 0 Å². The predicted octanol–water partition coefficient (Wildman–Crippen LogP) is 1.86. The second-order valence-electron chi connectivity index (χ2n) is 3.21. The first-order chi connectivity index (χ1) is 4.83. The van der Waals surface area contributed by atoms with Crippen LogP contribution in [0.25, 0.3) is 0 Å². The topological polar surface area (TPSA) is 26.0 Å². The van der Waals surface area contributed by atoms with Gasteiger partial charge in [-0.25, -0.2) is 4.39 Å². The highest BCUT2D eigenvalue weighted by Gasteiger charge is 2.20. The summed E-state index contributed by atoms with van der Waals surface area (Å²) in [5, 5.41) is 0. The van der Waals surface area contributed by atoms with Gasteiger partial charge in [0.15, 0.2) is 0 Å². The molecule has 0 aliphatic heterocycles. The number of halogens is 1. The van der Waals surface area contributed by atoms with Crippen LogP contribution < -0.4 is 5.73 Å². The van der Waals surface area contributed by atoms with Crippen molar-refractivity contribution >= 4 is 0 Å². The van der Waals surface area contributed by atoms with Gasteiger partial charge < -0.3 is 5.73 Å². The first-order valence-corrected chi connectivity index (χ1v) is 4.17. The smallest absolute Gasteiger partial charge is 0.100 e. The molecule has 0 saturated heterocycles. The highest BCUT2D eigenvalue weighted by atomic mass is 19.1. The van der Waals surface area contributed by atoms with Gasteiger partial charge in [0.1, 0.15) is 6.17 Å². The zero-order chi connectivity index (χ0) is 7.40. The Labute approximate surface area is 61.8 Å². The minimum absolute atomic E-state index is 0.537. The zero-order valence-corrected chi connectivity index (χ0v) is 6.35. The summed E-state index contributed by atoms with van der Waals surface area (Å²) in [6.07, 6.45) is 4.27. The molecule has 1 aliphatic rings. The van der Waals surface area contributed by atoms with Crippen LogP contribution in [-0.2, 0) is 0 Å². The van der Waals surface area contributed by atoms with Crippen molar-refractivity contribution in [3.05, 3.63) is 0 Å². The molecule has 0 bridgehead atoms. The van der Waals surface area contributed by atoms with Gasteiger partial charge in [-0.2, -0.15) is 0 Å². The average molecular weight is 145 g/mol. The van der Waals surface area contributed by atoms with E-state index < -0.39 is 6.17 Å². The van der Waals surface area contributed by atoms with Gasteiger partial charge in [0.2, 0.25) is 0 Å². The van der Waals surface area contributed by atoms with E-state index in [0.29, 0.717) is 5.92 Å². The Morgan fingerprint density at radius 2 is 2.20 bits per heavy atom. The molecular weight excluding hydrogens is 129 g/mol. The SMILES string of the molecule is NCC[C@H]1CCC[C@@H](F)C1. The molecule has 0 unspecified atom stereocenters. The largest absolute Gasteiger partial charge is 0.330 e. The third-order valence-electron chi connectivity index (χ3n) is 2.29. The summed E-state index contributed by atoms with van der Waals surface area (Å²) in [6, 6.07) is 0. The molecule has 1 rings (SSSR count). The van der Waals surface area contributed by atoms with E-state index >= 15 is 0 Å². The molecule has 1 saturated carbocycles. The normalized spacial score (nSPS) is 34.2. The summed E-state index contributed by atoms with van der Waals surface area (Å²) in [4.78, 5) is 0. The highest BCUT2D eigenvalue weighted by molar-refractivity contribution is 4.72. The summed E-state index contributed by atoms with van der Waals surface area (Å²) in [7, 11) is 0. The molecule has 1 fully saturated rings. The molecule has 0 radical (unpaired) electrons. The molecule has 2 atom stereocenters. The Morgan fingerprint density at radius 1 is 1.40 bits per heavy atom. The van der Waals surface area contributed by atoms with E-state index in [-0.39, 0.29) is 0 Å². The van der Waals surface area contributed by atoms with E-state index in [1.54, 1.807) is 0 Å². The van der Waals surface area contributed by atoms with Crippen molar-refractivity contribution in [2.24, 2.45) is 11.7 Å². The van der Waals surface area contributed by atoms with E-state index in [2.05, 4.69) is 0 Å². The Morgan fingerprint density at radius 3 is 2.80 bits per heavy atom. The number of alkyl halides is 1. The van der Waals surface area contributed by atoms with Gasteiger partial charge in [-0.1, -0.05) is 12.8 Å². The van der Waals surface area contributed by atoms with Crippen LogP contribution in [0.2, 0.25) is 0 Å². The highest BCUT2D eigenvalue weighted by Crippen LogP contribution is 2.27. The van der Waals surface area contributed by atoms with E-state index in [0.717, 1.165) is 32.2 Å². The second-order valence-corrected chi connectivity index (χ2v) is 3.21.